The lowest BCUT2D eigenvalue weighted by Gasteiger charge is -2.31. The maximum absolute atomic E-state index is 12.6. The summed E-state index contributed by atoms with van der Waals surface area (Å²) < 4.78 is 53.4. The minimum absolute atomic E-state index is 0.284. The van der Waals surface area contributed by atoms with Gasteiger partial charge in [0, 0.05) is 56.4 Å². The van der Waals surface area contributed by atoms with Crippen LogP contribution in [0.5, 0.6) is 0 Å². The molecular formula is C28H43N4O4S2-. The van der Waals surface area contributed by atoms with Crippen LogP contribution in [0.2, 0.25) is 0 Å². The first kappa shape index (κ1) is 30.6. The minimum atomic E-state index is -3.53. The smallest absolute Gasteiger partial charge is 0.240 e. The lowest BCUT2D eigenvalue weighted by molar-refractivity contribution is 0.198. The first-order valence-corrected chi connectivity index (χ1v) is 16.1. The molecule has 2 aromatic rings. The first-order chi connectivity index (χ1) is 18.2. The van der Waals surface area contributed by atoms with Gasteiger partial charge in [0.05, 0.1) is 4.90 Å². The van der Waals surface area contributed by atoms with E-state index in [9.17, 15) is 17.2 Å². The predicted molar refractivity (Wildman–Crippen MR) is 156 cm³/mol. The second kappa shape index (κ2) is 15.0. The van der Waals surface area contributed by atoms with Crippen LogP contribution in [-0.2, 0) is 21.3 Å². The molecule has 10 heteroatoms. The van der Waals surface area contributed by atoms with E-state index in [1.165, 1.54) is 36.4 Å². The van der Waals surface area contributed by atoms with Crippen molar-refractivity contribution in [2.45, 2.75) is 56.8 Å². The van der Waals surface area contributed by atoms with Crippen molar-refractivity contribution in [2.24, 2.45) is 5.92 Å². The molecule has 1 unspecified atom stereocenters. The lowest BCUT2D eigenvalue weighted by atomic mass is 9.89. The van der Waals surface area contributed by atoms with Crippen molar-refractivity contribution in [3.8, 4) is 0 Å². The number of benzene rings is 2. The Balaban J connectivity index is 1.54. The molecule has 212 valence electrons. The zero-order valence-corrected chi connectivity index (χ0v) is 24.6. The van der Waals surface area contributed by atoms with E-state index in [-0.39, 0.29) is 4.90 Å². The molecule has 0 saturated heterocycles. The Hall–Kier alpha value is -1.98. The van der Waals surface area contributed by atoms with Gasteiger partial charge in [-0.1, -0.05) is 37.0 Å². The Morgan fingerprint density at radius 3 is 2.11 bits per heavy atom. The Bertz CT molecular complexity index is 1100. The summed E-state index contributed by atoms with van der Waals surface area (Å²) in [4.78, 5) is 4.65. The number of anilines is 2. The molecule has 0 heterocycles. The van der Waals surface area contributed by atoms with Gasteiger partial charge in [0.25, 0.3) is 0 Å². The standard InChI is InChI=1S/C28H44N4O4S2/c1-24-11-17-28(18-12-24)38(35,36)29-19-7-20-31(23-25-9-5-4-6-10-25)21-8-22-32(37(33)34)27-15-13-26(14-16-27)30(2)3/h11-18,25,29H,4-10,19-23H2,1-3H3,(H,33,34)/p-1. The molecule has 1 aliphatic carbocycles. The molecule has 38 heavy (non-hydrogen) atoms. The van der Waals surface area contributed by atoms with Crippen LogP contribution in [0.1, 0.15) is 50.5 Å². The summed E-state index contributed by atoms with van der Waals surface area (Å²) in [7, 11) is 0.377. The van der Waals surface area contributed by atoms with Gasteiger partial charge in [-0.3, -0.25) is 4.21 Å². The monoisotopic (exact) mass is 563 g/mol. The third-order valence-corrected chi connectivity index (χ3v) is 9.42. The molecule has 0 bridgehead atoms. The number of nitrogens with zero attached hydrogens (tertiary/aromatic N) is 3. The molecule has 1 saturated carbocycles. The van der Waals surface area contributed by atoms with Crippen molar-refractivity contribution in [1.82, 2.24) is 9.62 Å². The normalized spacial score (nSPS) is 15.5. The van der Waals surface area contributed by atoms with Crippen LogP contribution >= 0.6 is 0 Å². The van der Waals surface area contributed by atoms with Crippen LogP contribution in [0.4, 0.5) is 11.4 Å². The Labute approximate surface area is 231 Å². The molecule has 1 N–H and O–H groups in total. The SMILES string of the molecule is Cc1ccc(S(=O)(=O)NCCCN(CCCN(c2ccc(N(C)C)cc2)S(=O)[O-])CC2CCCCC2)cc1. The van der Waals surface area contributed by atoms with Gasteiger partial charge >= 0.3 is 0 Å². The van der Waals surface area contributed by atoms with Crippen LogP contribution in [0.25, 0.3) is 0 Å². The predicted octanol–water partition coefficient (Wildman–Crippen LogP) is 4.30. The van der Waals surface area contributed by atoms with Crippen LogP contribution in [0, 0.1) is 12.8 Å². The largest absolute Gasteiger partial charge is 0.755 e. The third-order valence-electron chi connectivity index (χ3n) is 7.19. The van der Waals surface area contributed by atoms with E-state index < -0.39 is 21.3 Å². The zero-order chi connectivity index (χ0) is 27.5. The summed E-state index contributed by atoms with van der Waals surface area (Å²) in [5.74, 6) is 0.649. The number of sulfonamides is 1. The van der Waals surface area contributed by atoms with Gasteiger partial charge in [-0.15, -0.1) is 0 Å². The second-order valence-electron chi connectivity index (χ2n) is 10.5. The minimum Gasteiger partial charge on any atom is -0.755 e. The van der Waals surface area contributed by atoms with Crippen LogP contribution < -0.4 is 13.9 Å². The molecule has 8 nitrogen and oxygen atoms in total. The molecular weight excluding hydrogens is 520 g/mol. The van der Waals surface area contributed by atoms with Gasteiger partial charge in [0.15, 0.2) is 0 Å². The molecule has 0 aromatic heterocycles. The van der Waals surface area contributed by atoms with Gasteiger partial charge in [0.2, 0.25) is 10.0 Å². The van der Waals surface area contributed by atoms with E-state index in [0.29, 0.717) is 37.5 Å². The second-order valence-corrected chi connectivity index (χ2v) is 13.1. The van der Waals surface area contributed by atoms with Gasteiger partial charge < -0.3 is 18.7 Å². The van der Waals surface area contributed by atoms with E-state index >= 15 is 0 Å². The summed E-state index contributed by atoms with van der Waals surface area (Å²) in [6.07, 6.45) is 7.68. The first-order valence-electron chi connectivity index (χ1n) is 13.6. The zero-order valence-electron chi connectivity index (χ0n) is 23.0. The average molecular weight is 564 g/mol. The van der Waals surface area contributed by atoms with Gasteiger partial charge in [0.1, 0.15) is 0 Å². The lowest BCUT2D eigenvalue weighted by Crippen LogP contribution is -2.36. The van der Waals surface area contributed by atoms with E-state index in [1.54, 1.807) is 24.3 Å². The fourth-order valence-electron chi connectivity index (χ4n) is 4.98. The molecule has 3 rings (SSSR count). The third kappa shape index (κ3) is 9.64. The molecule has 0 spiro atoms. The van der Waals surface area contributed by atoms with E-state index in [2.05, 4.69) is 9.62 Å². The Morgan fingerprint density at radius 2 is 1.50 bits per heavy atom. The summed E-state index contributed by atoms with van der Waals surface area (Å²) >= 11 is -2.35. The van der Waals surface area contributed by atoms with Crippen LogP contribution in [0.15, 0.2) is 53.4 Å². The summed E-state index contributed by atoms with van der Waals surface area (Å²) in [5.41, 5.74) is 2.70. The summed E-state index contributed by atoms with van der Waals surface area (Å²) in [5, 5.41) is 0. The van der Waals surface area contributed by atoms with E-state index in [1.807, 2.05) is 50.2 Å². The number of hydrogen-bond acceptors (Lipinski definition) is 6. The number of aryl methyl sites for hydroxylation is 1. The highest BCUT2D eigenvalue weighted by Gasteiger charge is 2.19. The molecule has 0 aliphatic heterocycles. The molecule has 1 atom stereocenters. The highest BCUT2D eigenvalue weighted by Crippen LogP contribution is 2.25. The van der Waals surface area contributed by atoms with E-state index in [0.717, 1.165) is 30.9 Å². The highest BCUT2D eigenvalue weighted by molar-refractivity contribution is 7.89. The maximum Gasteiger partial charge on any atom is 0.240 e. The van der Waals surface area contributed by atoms with Crippen molar-refractivity contribution in [2.75, 3.05) is 56.0 Å². The molecule has 0 radical (unpaired) electrons. The Morgan fingerprint density at radius 1 is 0.895 bits per heavy atom. The summed E-state index contributed by atoms with van der Waals surface area (Å²) in [6.45, 7) is 5.21. The summed E-state index contributed by atoms with van der Waals surface area (Å²) in [6, 6.07) is 14.4. The molecule has 0 amide bonds. The van der Waals surface area contributed by atoms with Gasteiger partial charge in [-0.25, -0.2) is 13.1 Å². The topological polar surface area (TPSA) is 96.0 Å². The van der Waals surface area contributed by atoms with Crippen molar-refractivity contribution < 1.29 is 17.2 Å². The number of hydrogen-bond donors (Lipinski definition) is 1. The van der Waals surface area contributed by atoms with Crippen LogP contribution in [-0.4, -0.2) is 68.9 Å². The quantitative estimate of drug-likeness (QED) is 0.256. The number of nitrogens with one attached hydrogen (secondary N) is 1. The fourth-order valence-corrected chi connectivity index (χ4v) is 6.63. The molecule has 1 fully saturated rings. The van der Waals surface area contributed by atoms with Gasteiger partial charge in [-0.05, 0) is 88.0 Å². The van der Waals surface area contributed by atoms with Crippen molar-refractivity contribution in [3.63, 3.8) is 0 Å². The van der Waals surface area contributed by atoms with Crippen LogP contribution in [0.3, 0.4) is 0 Å². The van der Waals surface area contributed by atoms with Crippen molar-refractivity contribution in [3.05, 3.63) is 54.1 Å². The highest BCUT2D eigenvalue weighted by atomic mass is 32.2. The number of rotatable bonds is 15. The Kier molecular flexibility index (Phi) is 12.0. The average Bonchev–Trinajstić information content (AvgIpc) is 2.89. The van der Waals surface area contributed by atoms with Crippen molar-refractivity contribution >= 4 is 32.7 Å². The van der Waals surface area contributed by atoms with Gasteiger partial charge in [-0.2, -0.15) is 0 Å². The molecule has 2 aromatic carbocycles. The van der Waals surface area contributed by atoms with E-state index in [4.69, 9.17) is 0 Å². The maximum atomic E-state index is 12.6. The van der Waals surface area contributed by atoms with Crippen molar-refractivity contribution in [1.29, 1.82) is 0 Å². The fraction of sp³-hybridized carbons (Fsp3) is 0.571. The molecule has 1 aliphatic rings.